The molecule has 2 heterocycles. The van der Waals surface area contributed by atoms with Crippen LogP contribution < -0.4 is 10.6 Å². The van der Waals surface area contributed by atoms with Crippen LogP contribution in [0.15, 0.2) is 0 Å². The Morgan fingerprint density at radius 3 is 3.10 bits per heavy atom. The van der Waals surface area contributed by atoms with Gasteiger partial charge in [0.1, 0.15) is 0 Å². The van der Waals surface area contributed by atoms with Crippen LogP contribution in [0.4, 0.5) is 0 Å². The highest BCUT2D eigenvalue weighted by molar-refractivity contribution is 4.97. The largest absolute Gasteiger partial charge is 0.312 e. The zero-order chi connectivity index (χ0) is 6.97. The normalized spacial score (nSPS) is 45.9. The predicted molar refractivity (Wildman–Crippen MR) is 42.0 cm³/mol. The van der Waals surface area contributed by atoms with Gasteiger partial charge in [-0.15, -0.1) is 0 Å². The van der Waals surface area contributed by atoms with Gasteiger partial charge in [0.2, 0.25) is 0 Å². The molecule has 0 aromatic heterocycles. The maximum Gasteiger partial charge on any atom is 0.0236 e. The van der Waals surface area contributed by atoms with Crippen molar-refractivity contribution in [3.05, 3.63) is 0 Å². The maximum absolute atomic E-state index is 3.55. The summed E-state index contributed by atoms with van der Waals surface area (Å²) in [6.07, 6.45) is 2.68. The van der Waals surface area contributed by atoms with E-state index in [0.717, 1.165) is 18.0 Å². The minimum Gasteiger partial charge on any atom is -0.312 e. The number of hydrogen-bond acceptors (Lipinski definition) is 2. The van der Waals surface area contributed by atoms with E-state index in [2.05, 4.69) is 17.6 Å². The topological polar surface area (TPSA) is 24.1 Å². The molecular formula is C8H16N2. The van der Waals surface area contributed by atoms with Crippen molar-refractivity contribution in [2.75, 3.05) is 13.1 Å². The molecule has 0 spiro atoms. The van der Waals surface area contributed by atoms with E-state index in [-0.39, 0.29) is 0 Å². The van der Waals surface area contributed by atoms with Gasteiger partial charge in [0.25, 0.3) is 0 Å². The highest BCUT2D eigenvalue weighted by atomic mass is 15.1. The van der Waals surface area contributed by atoms with Crippen molar-refractivity contribution in [1.82, 2.24) is 10.6 Å². The Hall–Kier alpha value is -0.0800. The third-order valence-electron chi connectivity index (χ3n) is 2.96. The molecule has 0 amide bonds. The summed E-state index contributed by atoms with van der Waals surface area (Å²) in [6.45, 7) is 4.72. The highest BCUT2D eigenvalue weighted by Crippen LogP contribution is 2.25. The molecule has 2 saturated heterocycles. The second-order valence-electron chi connectivity index (χ2n) is 3.44. The van der Waals surface area contributed by atoms with Crippen molar-refractivity contribution >= 4 is 0 Å². The number of nitrogens with one attached hydrogen (secondary N) is 2. The summed E-state index contributed by atoms with van der Waals surface area (Å²) in [5, 5.41) is 7.07. The molecule has 0 saturated carbocycles. The Balaban J connectivity index is 2.01. The summed E-state index contributed by atoms with van der Waals surface area (Å²) in [7, 11) is 0. The minimum atomic E-state index is 0.796. The van der Waals surface area contributed by atoms with E-state index in [9.17, 15) is 0 Å². The summed E-state index contributed by atoms with van der Waals surface area (Å²) < 4.78 is 0. The molecule has 0 aromatic rings. The Morgan fingerprint density at radius 1 is 1.40 bits per heavy atom. The van der Waals surface area contributed by atoms with E-state index in [1.54, 1.807) is 0 Å². The van der Waals surface area contributed by atoms with Gasteiger partial charge in [0, 0.05) is 18.6 Å². The molecule has 2 fully saturated rings. The first-order chi connectivity index (χ1) is 4.92. The number of hydrogen-bond donors (Lipinski definition) is 2. The van der Waals surface area contributed by atoms with Crippen LogP contribution in [-0.4, -0.2) is 25.2 Å². The molecular weight excluding hydrogens is 124 g/mol. The molecule has 2 aliphatic rings. The van der Waals surface area contributed by atoms with E-state index >= 15 is 0 Å². The van der Waals surface area contributed by atoms with E-state index in [4.69, 9.17) is 0 Å². The second kappa shape index (κ2) is 2.51. The first-order valence-electron chi connectivity index (χ1n) is 4.38. The average molecular weight is 140 g/mol. The Labute approximate surface area is 62.4 Å². The van der Waals surface area contributed by atoms with Crippen LogP contribution in [0.2, 0.25) is 0 Å². The van der Waals surface area contributed by atoms with Crippen molar-refractivity contribution < 1.29 is 0 Å². The molecule has 10 heavy (non-hydrogen) atoms. The Kier molecular flexibility index (Phi) is 1.66. The standard InChI is InChI=1S/C8H16N2/c1-2-7-6-3-4-9-8(6)5-10-7/h6-10H,2-5H2,1H3/t6-,7-,8+/m1/s1. The molecule has 58 valence electrons. The lowest BCUT2D eigenvalue weighted by atomic mass is 9.95. The third kappa shape index (κ3) is 0.867. The fourth-order valence-corrected chi connectivity index (χ4v) is 2.37. The molecule has 0 unspecified atom stereocenters. The van der Waals surface area contributed by atoms with E-state index in [1.165, 1.54) is 25.9 Å². The lowest BCUT2D eigenvalue weighted by molar-refractivity contribution is 0.434. The van der Waals surface area contributed by atoms with Gasteiger partial charge in [-0.3, -0.25) is 0 Å². The first-order valence-corrected chi connectivity index (χ1v) is 4.38. The second-order valence-corrected chi connectivity index (χ2v) is 3.44. The molecule has 2 aliphatic heterocycles. The van der Waals surface area contributed by atoms with Gasteiger partial charge in [0.15, 0.2) is 0 Å². The Bertz CT molecular complexity index is 124. The average Bonchev–Trinajstić information content (AvgIpc) is 2.44. The quantitative estimate of drug-likeness (QED) is 0.549. The molecule has 2 N–H and O–H groups in total. The van der Waals surface area contributed by atoms with Crippen LogP contribution in [0, 0.1) is 5.92 Å². The van der Waals surface area contributed by atoms with Crippen molar-refractivity contribution in [2.45, 2.75) is 31.8 Å². The molecule has 3 atom stereocenters. The summed E-state index contributed by atoms with van der Waals surface area (Å²) >= 11 is 0. The molecule has 0 radical (unpaired) electrons. The molecule has 2 heteroatoms. The van der Waals surface area contributed by atoms with E-state index in [1.807, 2.05) is 0 Å². The molecule has 0 bridgehead atoms. The summed E-state index contributed by atoms with van der Waals surface area (Å²) in [4.78, 5) is 0. The van der Waals surface area contributed by atoms with Gasteiger partial charge in [-0.1, -0.05) is 6.92 Å². The maximum atomic E-state index is 3.55. The van der Waals surface area contributed by atoms with Crippen molar-refractivity contribution in [1.29, 1.82) is 0 Å². The zero-order valence-electron chi connectivity index (χ0n) is 6.56. The van der Waals surface area contributed by atoms with Gasteiger partial charge in [0.05, 0.1) is 0 Å². The van der Waals surface area contributed by atoms with Crippen molar-refractivity contribution in [2.24, 2.45) is 5.92 Å². The smallest absolute Gasteiger partial charge is 0.0236 e. The van der Waals surface area contributed by atoms with Crippen LogP contribution in [0.5, 0.6) is 0 Å². The monoisotopic (exact) mass is 140 g/mol. The van der Waals surface area contributed by atoms with Gasteiger partial charge in [-0.05, 0) is 25.3 Å². The lowest BCUT2D eigenvalue weighted by Crippen LogP contribution is -2.27. The lowest BCUT2D eigenvalue weighted by Gasteiger charge is -2.14. The van der Waals surface area contributed by atoms with Crippen LogP contribution in [0.1, 0.15) is 19.8 Å². The molecule has 2 nitrogen and oxygen atoms in total. The first kappa shape index (κ1) is 6.62. The summed E-state index contributed by atoms with van der Waals surface area (Å²) in [6, 6.07) is 1.60. The zero-order valence-corrected chi connectivity index (χ0v) is 6.56. The van der Waals surface area contributed by atoms with Gasteiger partial charge in [-0.2, -0.15) is 0 Å². The van der Waals surface area contributed by atoms with Crippen LogP contribution in [0.25, 0.3) is 0 Å². The fourth-order valence-electron chi connectivity index (χ4n) is 2.37. The van der Waals surface area contributed by atoms with Gasteiger partial charge < -0.3 is 10.6 Å². The Morgan fingerprint density at radius 2 is 2.30 bits per heavy atom. The highest BCUT2D eigenvalue weighted by Gasteiger charge is 2.37. The molecule has 0 aromatic carbocycles. The number of rotatable bonds is 1. The van der Waals surface area contributed by atoms with Crippen molar-refractivity contribution in [3.63, 3.8) is 0 Å². The molecule has 0 aliphatic carbocycles. The van der Waals surface area contributed by atoms with E-state index in [0.29, 0.717) is 0 Å². The van der Waals surface area contributed by atoms with Crippen molar-refractivity contribution in [3.8, 4) is 0 Å². The predicted octanol–water partition coefficient (Wildman–Crippen LogP) is 0.346. The van der Waals surface area contributed by atoms with E-state index < -0.39 is 0 Å². The number of fused-ring (bicyclic) bond motifs is 1. The summed E-state index contributed by atoms with van der Waals surface area (Å²) in [5.74, 6) is 0.935. The van der Waals surface area contributed by atoms with Crippen LogP contribution in [-0.2, 0) is 0 Å². The minimum absolute atomic E-state index is 0.796. The molecule has 2 rings (SSSR count). The SMILES string of the molecule is CC[C@H]1NC[C@@H]2NCC[C@@H]21. The third-order valence-corrected chi connectivity index (χ3v) is 2.96. The van der Waals surface area contributed by atoms with Gasteiger partial charge in [-0.25, -0.2) is 0 Å². The van der Waals surface area contributed by atoms with Crippen LogP contribution in [0.3, 0.4) is 0 Å². The summed E-state index contributed by atoms with van der Waals surface area (Å²) in [5.41, 5.74) is 0. The van der Waals surface area contributed by atoms with Gasteiger partial charge >= 0.3 is 0 Å². The van der Waals surface area contributed by atoms with Crippen LogP contribution >= 0.6 is 0 Å². The fraction of sp³-hybridized carbons (Fsp3) is 1.00.